The third-order valence-corrected chi connectivity index (χ3v) is 8.13. The van der Waals surface area contributed by atoms with Crippen LogP contribution < -0.4 is 0 Å². The maximum Gasteiger partial charge on any atom is 0.0875 e. The number of ether oxygens (including phenoxy) is 1. The molecule has 0 saturated heterocycles. The average Bonchev–Trinajstić information content (AvgIpc) is 3.25. The van der Waals surface area contributed by atoms with Crippen LogP contribution >= 0.6 is 0 Å². The molecule has 0 spiro atoms. The Morgan fingerprint density at radius 1 is 0.857 bits per heavy atom. The van der Waals surface area contributed by atoms with Crippen molar-refractivity contribution in [2.24, 2.45) is 29.6 Å². The highest BCUT2D eigenvalue weighted by Gasteiger charge is 2.48. The van der Waals surface area contributed by atoms with E-state index in [0.29, 0.717) is 0 Å². The smallest absolute Gasteiger partial charge is 0.0875 e. The Kier molecular flexibility index (Phi) is 4.28. The maximum absolute atomic E-state index is 6.57. The summed E-state index contributed by atoms with van der Waals surface area (Å²) in [5.41, 5.74) is 1.02. The summed E-state index contributed by atoms with van der Waals surface area (Å²) in [6.45, 7) is 10.3. The topological polar surface area (TPSA) is 9.23 Å². The van der Waals surface area contributed by atoms with E-state index in [4.69, 9.17) is 4.74 Å². The molecule has 2 aliphatic rings. The van der Waals surface area contributed by atoms with Crippen molar-refractivity contribution in [3.05, 3.63) is 60.2 Å². The predicted octanol–water partition coefficient (Wildman–Crippen LogP) is 7.17. The van der Waals surface area contributed by atoms with Crippen LogP contribution in [0.4, 0.5) is 0 Å². The minimum atomic E-state index is -0.253. The number of rotatable bonds is 4. The third kappa shape index (κ3) is 2.87. The monoisotopic (exact) mass is 372 g/mol. The minimum Gasteiger partial charge on any atom is -0.371 e. The molecule has 3 aromatic carbocycles. The van der Waals surface area contributed by atoms with Crippen molar-refractivity contribution < 1.29 is 4.74 Å². The van der Waals surface area contributed by atoms with E-state index in [-0.39, 0.29) is 5.60 Å². The Bertz CT molecular complexity index is 1020. The van der Waals surface area contributed by atoms with Gasteiger partial charge in [0, 0.05) is 0 Å². The Labute approximate surface area is 169 Å². The normalized spacial score (nSPS) is 29.8. The average molecular weight is 373 g/mol. The largest absolute Gasteiger partial charge is 0.371 e. The van der Waals surface area contributed by atoms with Gasteiger partial charge in [-0.1, -0.05) is 62.4 Å². The van der Waals surface area contributed by atoms with Gasteiger partial charge in [-0.3, -0.25) is 0 Å². The lowest BCUT2D eigenvalue weighted by atomic mass is 9.76. The number of benzene rings is 3. The summed E-state index contributed by atoms with van der Waals surface area (Å²) in [5, 5.41) is 5.26. The first kappa shape index (κ1) is 18.2. The van der Waals surface area contributed by atoms with E-state index in [2.05, 4.69) is 82.3 Å². The molecule has 5 atom stereocenters. The molecule has 0 heterocycles. The summed E-state index contributed by atoms with van der Waals surface area (Å²) in [7, 11) is 0. The van der Waals surface area contributed by atoms with Crippen molar-refractivity contribution in [2.45, 2.75) is 46.1 Å². The minimum absolute atomic E-state index is 0.253. The van der Waals surface area contributed by atoms with Crippen LogP contribution in [0.3, 0.4) is 0 Å². The first-order chi connectivity index (χ1) is 13.4. The molecule has 2 bridgehead atoms. The van der Waals surface area contributed by atoms with Gasteiger partial charge in [-0.15, -0.1) is 0 Å². The first-order valence-corrected chi connectivity index (χ1v) is 11.0. The molecule has 0 N–H and O–H groups in total. The Balaban J connectivity index is 1.37. The molecule has 0 amide bonds. The molecule has 0 radical (unpaired) electrons. The molecule has 5 rings (SSSR count). The van der Waals surface area contributed by atoms with Crippen LogP contribution in [0.15, 0.2) is 54.6 Å². The van der Waals surface area contributed by atoms with Crippen LogP contribution in [-0.2, 0) is 10.3 Å². The van der Waals surface area contributed by atoms with E-state index in [9.17, 15) is 0 Å². The Morgan fingerprint density at radius 2 is 1.61 bits per heavy atom. The second-order valence-corrected chi connectivity index (χ2v) is 9.92. The fraction of sp³-hybridized carbons (Fsp3) is 0.481. The SMILES string of the molecule is CC1C2CC(COC(C)(C)c3ccc4c(ccc5ccccc54)c3)C(C2)C1C. The number of hydrogen-bond donors (Lipinski definition) is 0. The van der Waals surface area contributed by atoms with Crippen molar-refractivity contribution in [3.63, 3.8) is 0 Å². The zero-order valence-corrected chi connectivity index (χ0v) is 17.6. The van der Waals surface area contributed by atoms with Gasteiger partial charge in [-0.25, -0.2) is 0 Å². The lowest BCUT2D eigenvalue weighted by Crippen LogP contribution is -2.31. The molecule has 5 unspecified atom stereocenters. The van der Waals surface area contributed by atoms with E-state index in [0.717, 1.165) is 36.2 Å². The molecule has 1 heteroatoms. The fourth-order valence-corrected chi connectivity index (χ4v) is 6.07. The van der Waals surface area contributed by atoms with Gasteiger partial charge in [0.2, 0.25) is 0 Å². The second-order valence-electron chi connectivity index (χ2n) is 9.92. The second kappa shape index (κ2) is 6.59. The van der Waals surface area contributed by atoms with Gasteiger partial charge in [0.25, 0.3) is 0 Å². The van der Waals surface area contributed by atoms with E-state index < -0.39 is 0 Å². The van der Waals surface area contributed by atoms with Gasteiger partial charge in [0.15, 0.2) is 0 Å². The van der Waals surface area contributed by atoms with Crippen LogP contribution in [-0.4, -0.2) is 6.61 Å². The van der Waals surface area contributed by atoms with Gasteiger partial charge in [-0.2, -0.15) is 0 Å². The molecule has 146 valence electrons. The van der Waals surface area contributed by atoms with Crippen molar-refractivity contribution in [2.75, 3.05) is 6.61 Å². The summed E-state index contributed by atoms with van der Waals surface area (Å²) < 4.78 is 6.57. The number of hydrogen-bond acceptors (Lipinski definition) is 1. The third-order valence-electron chi connectivity index (χ3n) is 8.13. The van der Waals surface area contributed by atoms with E-state index in [1.165, 1.54) is 39.9 Å². The van der Waals surface area contributed by atoms with Gasteiger partial charge in [0.05, 0.1) is 12.2 Å². The van der Waals surface area contributed by atoms with Crippen LogP contribution in [0, 0.1) is 29.6 Å². The summed E-state index contributed by atoms with van der Waals surface area (Å²) in [6.07, 6.45) is 2.80. The number of fused-ring (bicyclic) bond motifs is 5. The van der Waals surface area contributed by atoms with Crippen LogP contribution in [0.25, 0.3) is 21.5 Å². The van der Waals surface area contributed by atoms with Gasteiger partial charge in [0.1, 0.15) is 0 Å². The molecular formula is C27H32O. The summed E-state index contributed by atoms with van der Waals surface area (Å²) >= 11 is 0. The molecule has 1 nitrogen and oxygen atoms in total. The zero-order chi connectivity index (χ0) is 19.5. The van der Waals surface area contributed by atoms with Crippen LogP contribution in [0.2, 0.25) is 0 Å². The predicted molar refractivity (Wildman–Crippen MR) is 118 cm³/mol. The summed E-state index contributed by atoms with van der Waals surface area (Å²) in [6, 6.07) is 20.0. The van der Waals surface area contributed by atoms with E-state index in [1.54, 1.807) is 0 Å². The Hall–Kier alpha value is -1.86. The molecule has 3 aromatic rings. The zero-order valence-electron chi connectivity index (χ0n) is 17.6. The lowest BCUT2D eigenvalue weighted by Gasteiger charge is -2.34. The van der Waals surface area contributed by atoms with Gasteiger partial charge in [-0.05, 0) is 89.5 Å². The van der Waals surface area contributed by atoms with Crippen LogP contribution in [0.5, 0.6) is 0 Å². The van der Waals surface area contributed by atoms with Gasteiger partial charge >= 0.3 is 0 Å². The molecule has 2 saturated carbocycles. The highest BCUT2D eigenvalue weighted by Crippen LogP contribution is 2.55. The molecule has 0 aromatic heterocycles. The lowest BCUT2D eigenvalue weighted by molar-refractivity contribution is -0.0539. The van der Waals surface area contributed by atoms with Crippen molar-refractivity contribution >= 4 is 21.5 Å². The van der Waals surface area contributed by atoms with Crippen molar-refractivity contribution in [3.8, 4) is 0 Å². The van der Waals surface area contributed by atoms with E-state index >= 15 is 0 Å². The quantitative estimate of drug-likeness (QED) is 0.441. The Morgan fingerprint density at radius 3 is 2.39 bits per heavy atom. The first-order valence-electron chi connectivity index (χ1n) is 11.0. The summed E-state index contributed by atoms with van der Waals surface area (Å²) in [4.78, 5) is 0. The van der Waals surface area contributed by atoms with E-state index in [1.807, 2.05) is 0 Å². The molecular weight excluding hydrogens is 340 g/mol. The van der Waals surface area contributed by atoms with Gasteiger partial charge < -0.3 is 4.74 Å². The molecule has 2 aliphatic carbocycles. The highest BCUT2D eigenvalue weighted by molar-refractivity contribution is 6.07. The maximum atomic E-state index is 6.57. The van der Waals surface area contributed by atoms with Crippen molar-refractivity contribution in [1.29, 1.82) is 0 Å². The summed E-state index contributed by atoms with van der Waals surface area (Å²) in [5.74, 6) is 4.33. The molecule has 28 heavy (non-hydrogen) atoms. The molecule has 0 aliphatic heterocycles. The van der Waals surface area contributed by atoms with Crippen LogP contribution in [0.1, 0.15) is 46.1 Å². The van der Waals surface area contributed by atoms with Crippen molar-refractivity contribution in [1.82, 2.24) is 0 Å². The highest BCUT2D eigenvalue weighted by atomic mass is 16.5. The molecule has 2 fully saturated rings. The fourth-order valence-electron chi connectivity index (χ4n) is 6.07. The standard InChI is InChI=1S/C27H32O/c1-17-18(2)26-15-21(17)13-22(26)16-28-27(3,4)23-11-12-25-20(14-23)10-9-19-7-5-6-8-24(19)25/h5-12,14,17-18,21-22,26H,13,15-16H2,1-4H3.